The van der Waals surface area contributed by atoms with Crippen molar-refractivity contribution in [1.82, 2.24) is 24.1 Å². The molecule has 0 aliphatic carbocycles. The lowest BCUT2D eigenvalue weighted by molar-refractivity contribution is 0.793. The summed E-state index contributed by atoms with van der Waals surface area (Å²) >= 11 is 5.12. The Kier molecular flexibility index (Phi) is 4.35. The third kappa shape index (κ3) is 3.21. The van der Waals surface area contributed by atoms with Crippen LogP contribution in [0.2, 0.25) is 0 Å². The highest BCUT2D eigenvalue weighted by atomic mass is 79.9. The summed E-state index contributed by atoms with van der Waals surface area (Å²) in [5, 5.41) is 9.61. The summed E-state index contributed by atoms with van der Waals surface area (Å²) in [5.41, 5.74) is 4.27. The molecule has 0 aliphatic heterocycles. The molecule has 1 aromatic carbocycles. The van der Waals surface area contributed by atoms with Crippen LogP contribution in [0.25, 0.3) is 17.0 Å². The van der Waals surface area contributed by atoms with E-state index in [-0.39, 0.29) is 0 Å². The van der Waals surface area contributed by atoms with E-state index in [4.69, 9.17) is 0 Å². The molecule has 3 aromatic heterocycles. The molecule has 126 valence electrons. The summed E-state index contributed by atoms with van der Waals surface area (Å²) in [6.45, 7) is 2.09. The first-order chi connectivity index (χ1) is 12.1. The summed E-state index contributed by atoms with van der Waals surface area (Å²) in [5.74, 6) is 1.64. The molecule has 0 bridgehead atoms. The van der Waals surface area contributed by atoms with E-state index in [0.29, 0.717) is 0 Å². The topological polar surface area (TPSA) is 48.0 Å². The van der Waals surface area contributed by atoms with Crippen molar-refractivity contribution in [2.24, 2.45) is 7.05 Å². The Balaban J connectivity index is 1.56. The van der Waals surface area contributed by atoms with Crippen LogP contribution in [0.4, 0.5) is 0 Å². The number of imidazole rings is 1. The Morgan fingerprint density at radius 2 is 1.92 bits per heavy atom. The zero-order valence-corrected chi connectivity index (χ0v) is 16.3. The van der Waals surface area contributed by atoms with Crippen molar-refractivity contribution in [3.8, 4) is 11.4 Å². The second-order valence-corrected chi connectivity index (χ2v) is 7.67. The van der Waals surface area contributed by atoms with Gasteiger partial charge in [0.15, 0.2) is 11.0 Å². The number of hydrogen-bond donors (Lipinski definition) is 0. The van der Waals surface area contributed by atoms with Crippen LogP contribution in [0.1, 0.15) is 11.3 Å². The SMILES string of the molecule is Cc1ccccc1-c1nnc(SCc2cn3cc(Br)ccc3n2)n1C. The number of nitrogens with zero attached hydrogens (tertiary/aromatic N) is 5. The van der Waals surface area contributed by atoms with E-state index in [1.807, 2.05) is 52.7 Å². The minimum absolute atomic E-state index is 0.749. The van der Waals surface area contributed by atoms with Crippen LogP contribution in [0.5, 0.6) is 0 Å². The van der Waals surface area contributed by atoms with E-state index >= 15 is 0 Å². The summed E-state index contributed by atoms with van der Waals surface area (Å²) in [6.07, 6.45) is 4.06. The van der Waals surface area contributed by atoms with Crippen molar-refractivity contribution in [2.75, 3.05) is 0 Å². The molecule has 25 heavy (non-hydrogen) atoms. The van der Waals surface area contributed by atoms with Crippen molar-refractivity contribution < 1.29 is 0 Å². The molecule has 0 saturated heterocycles. The maximum absolute atomic E-state index is 4.64. The van der Waals surface area contributed by atoms with Crippen LogP contribution < -0.4 is 0 Å². The first-order valence-electron chi connectivity index (χ1n) is 7.83. The van der Waals surface area contributed by atoms with Gasteiger partial charge in [-0.1, -0.05) is 36.0 Å². The number of aryl methyl sites for hydroxylation is 1. The first kappa shape index (κ1) is 16.4. The summed E-state index contributed by atoms with van der Waals surface area (Å²) in [6, 6.07) is 12.2. The molecule has 5 nitrogen and oxygen atoms in total. The average Bonchev–Trinajstić information content (AvgIpc) is 3.16. The zero-order chi connectivity index (χ0) is 17.4. The molecule has 0 atom stereocenters. The predicted octanol–water partition coefficient (Wildman–Crippen LogP) is 4.49. The van der Waals surface area contributed by atoms with Crippen LogP contribution in [-0.4, -0.2) is 24.1 Å². The number of halogens is 1. The Morgan fingerprint density at radius 1 is 1.08 bits per heavy atom. The van der Waals surface area contributed by atoms with Crippen LogP contribution >= 0.6 is 27.7 Å². The Labute approximate surface area is 158 Å². The van der Waals surface area contributed by atoms with Crippen molar-refractivity contribution in [2.45, 2.75) is 17.8 Å². The van der Waals surface area contributed by atoms with Gasteiger partial charge in [-0.05, 0) is 40.5 Å². The Bertz CT molecular complexity index is 1050. The van der Waals surface area contributed by atoms with Gasteiger partial charge in [0.25, 0.3) is 0 Å². The molecule has 0 spiro atoms. The quantitative estimate of drug-likeness (QED) is 0.462. The molecule has 0 saturated carbocycles. The zero-order valence-electron chi connectivity index (χ0n) is 13.8. The predicted molar refractivity (Wildman–Crippen MR) is 104 cm³/mol. The van der Waals surface area contributed by atoms with Gasteiger partial charge < -0.3 is 8.97 Å². The normalized spacial score (nSPS) is 11.3. The van der Waals surface area contributed by atoms with Crippen LogP contribution in [0, 0.1) is 6.92 Å². The van der Waals surface area contributed by atoms with Gasteiger partial charge in [0.1, 0.15) is 5.65 Å². The summed E-state index contributed by atoms with van der Waals surface area (Å²) in [7, 11) is 2.00. The minimum atomic E-state index is 0.749. The molecule has 0 unspecified atom stereocenters. The summed E-state index contributed by atoms with van der Waals surface area (Å²) in [4.78, 5) is 4.64. The van der Waals surface area contributed by atoms with Crippen molar-refractivity contribution in [1.29, 1.82) is 0 Å². The second-order valence-electron chi connectivity index (χ2n) is 5.81. The molecule has 7 heteroatoms. The van der Waals surface area contributed by atoms with Gasteiger partial charge in [-0.25, -0.2) is 4.98 Å². The number of benzene rings is 1. The fraction of sp³-hybridized carbons (Fsp3) is 0.167. The number of rotatable bonds is 4. The number of aromatic nitrogens is 5. The highest BCUT2D eigenvalue weighted by Crippen LogP contribution is 2.27. The minimum Gasteiger partial charge on any atom is -0.306 e. The lowest BCUT2D eigenvalue weighted by Gasteiger charge is -2.05. The van der Waals surface area contributed by atoms with Gasteiger partial charge >= 0.3 is 0 Å². The molecule has 0 radical (unpaired) electrons. The fourth-order valence-corrected chi connectivity index (χ4v) is 3.87. The standard InChI is InChI=1S/C18H16BrN5S/c1-12-5-3-4-6-15(12)17-21-22-18(23(17)2)25-11-14-10-24-9-13(19)7-8-16(24)20-14/h3-10H,11H2,1-2H3. The van der Waals surface area contributed by atoms with Gasteiger partial charge in [0, 0.05) is 35.2 Å². The lowest BCUT2D eigenvalue weighted by Crippen LogP contribution is -1.96. The largest absolute Gasteiger partial charge is 0.306 e. The van der Waals surface area contributed by atoms with E-state index in [9.17, 15) is 0 Å². The maximum Gasteiger partial charge on any atom is 0.191 e. The molecule has 0 N–H and O–H groups in total. The molecular formula is C18H16BrN5S. The second kappa shape index (κ2) is 6.65. The van der Waals surface area contributed by atoms with Crippen LogP contribution in [0.3, 0.4) is 0 Å². The Hall–Kier alpha value is -2.12. The highest BCUT2D eigenvalue weighted by molar-refractivity contribution is 9.10. The molecule has 4 aromatic rings. The molecule has 3 heterocycles. The van der Waals surface area contributed by atoms with E-state index < -0.39 is 0 Å². The Morgan fingerprint density at radius 3 is 2.76 bits per heavy atom. The molecule has 0 fully saturated rings. The van der Waals surface area contributed by atoms with Crippen molar-refractivity contribution >= 4 is 33.3 Å². The number of thioether (sulfide) groups is 1. The average molecular weight is 414 g/mol. The summed E-state index contributed by atoms with van der Waals surface area (Å²) < 4.78 is 5.10. The van der Waals surface area contributed by atoms with Gasteiger partial charge in [0.05, 0.1) is 5.69 Å². The number of fused-ring (bicyclic) bond motifs is 1. The molecular weight excluding hydrogens is 398 g/mol. The van der Waals surface area contributed by atoms with Crippen molar-refractivity contribution in [3.63, 3.8) is 0 Å². The third-order valence-corrected chi connectivity index (χ3v) is 5.56. The van der Waals surface area contributed by atoms with Crippen LogP contribution in [-0.2, 0) is 12.8 Å². The number of hydrogen-bond acceptors (Lipinski definition) is 4. The highest BCUT2D eigenvalue weighted by Gasteiger charge is 2.13. The smallest absolute Gasteiger partial charge is 0.191 e. The molecule has 4 rings (SSSR count). The van der Waals surface area contributed by atoms with E-state index in [0.717, 1.165) is 38.1 Å². The third-order valence-electron chi connectivity index (χ3n) is 4.03. The first-order valence-corrected chi connectivity index (χ1v) is 9.61. The van der Waals surface area contributed by atoms with Crippen molar-refractivity contribution in [3.05, 3.63) is 64.5 Å². The van der Waals surface area contributed by atoms with E-state index in [2.05, 4.69) is 50.2 Å². The fourth-order valence-electron chi connectivity index (χ4n) is 2.72. The lowest BCUT2D eigenvalue weighted by atomic mass is 10.1. The monoisotopic (exact) mass is 413 g/mol. The van der Waals surface area contributed by atoms with E-state index in [1.165, 1.54) is 5.56 Å². The van der Waals surface area contributed by atoms with Gasteiger partial charge in [-0.3, -0.25) is 0 Å². The van der Waals surface area contributed by atoms with E-state index in [1.54, 1.807) is 11.8 Å². The molecule has 0 amide bonds. The van der Waals surface area contributed by atoms with Gasteiger partial charge in [0.2, 0.25) is 0 Å². The maximum atomic E-state index is 4.64. The van der Waals surface area contributed by atoms with Crippen LogP contribution in [0.15, 0.2) is 58.4 Å². The number of pyridine rings is 1. The van der Waals surface area contributed by atoms with Gasteiger partial charge in [-0.15, -0.1) is 10.2 Å². The molecule has 0 aliphatic rings. The van der Waals surface area contributed by atoms with Gasteiger partial charge in [-0.2, -0.15) is 0 Å².